The van der Waals surface area contributed by atoms with Crippen molar-refractivity contribution in [2.24, 2.45) is 0 Å². The average molecular weight is 291 g/mol. The minimum atomic E-state index is 0.312. The van der Waals surface area contributed by atoms with Crippen LogP contribution >= 0.6 is 15.9 Å². The molecule has 0 unspecified atom stereocenters. The van der Waals surface area contributed by atoms with Crippen LogP contribution in [0.25, 0.3) is 0 Å². The molecule has 0 aliphatic heterocycles. The second-order valence-electron chi connectivity index (χ2n) is 4.02. The number of hydrogen-bond acceptors (Lipinski definition) is 2. The number of nitrogens with zero attached hydrogens (tertiary/aromatic N) is 1. The normalized spacial score (nSPS) is 12.4. The van der Waals surface area contributed by atoms with Gasteiger partial charge in [-0.2, -0.15) is 0 Å². The quantitative estimate of drug-likeness (QED) is 0.929. The molecule has 2 rings (SSSR count). The Balaban J connectivity index is 1.92. The minimum Gasteiger partial charge on any atom is -0.306 e. The van der Waals surface area contributed by atoms with Crippen molar-refractivity contribution in [2.45, 2.75) is 19.5 Å². The van der Waals surface area contributed by atoms with Gasteiger partial charge in [-0.15, -0.1) is 0 Å². The lowest BCUT2D eigenvalue weighted by Crippen LogP contribution is -2.18. The second-order valence-corrected chi connectivity index (χ2v) is 4.93. The number of aromatic nitrogens is 1. The summed E-state index contributed by atoms with van der Waals surface area (Å²) < 4.78 is 1.11. The van der Waals surface area contributed by atoms with Crippen LogP contribution in [0, 0.1) is 0 Å². The highest BCUT2D eigenvalue weighted by molar-refractivity contribution is 9.10. The van der Waals surface area contributed by atoms with E-state index in [4.69, 9.17) is 0 Å². The highest BCUT2D eigenvalue weighted by atomic mass is 79.9. The minimum absolute atomic E-state index is 0.312. The molecule has 1 heterocycles. The van der Waals surface area contributed by atoms with Gasteiger partial charge in [0.15, 0.2) is 0 Å². The first-order valence-corrected chi connectivity index (χ1v) is 6.43. The van der Waals surface area contributed by atoms with E-state index in [0.717, 1.165) is 11.0 Å². The van der Waals surface area contributed by atoms with Gasteiger partial charge in [0.05, 0.1) is 0 Å². The molecule has 2 aromatic rings. The van der Waals surface area contributed by atoms with Gasteiger partial charge in [-0.05, 0) is 36.2 Å². The third-order valence-corrected chi connectivity index (χ3v) is 3.24. The summed E-state index contributed by atoms with van der Waals surface area (Å²) >= 11 is 3.43. The second kappa shape index (κ2) is 5.94. The molecule has 0 saturated carbocycles. The molecule has 0 fully saturated rings. The van der Waals surface area contributed by atoms with E-state index in [9.17, 15) is 0 Å². The summed E-state index contributed by atoms with van der Waals surface area (Å²) in [6.07, 6.45) is 3.70. The maximum atomic E-state index is 4.13. The van der Waals surface area contributed by atoms with E-state index in [2.05, 4.69) is 63.5 Å². The molecule has 88 valence electrons. The molecule has 0 aliphatic rings. The maximum absolute atomic E-state index is 4.13. The molecular weight excluding hydrogens is 276 g/mol. The molecule has 2 nitrogen and oxygen atoms in total. The Morgan fingerprint density at radius 3 is 2.65 bits per heavy atom. The first-order valence-electron chi connectivity index (χ1n) is 5.63. The molecule has 0 spiro atoms. The summed E-state index contributed by atoms with van der Waals surface area (Å²) in [7, 11) is 0. The highest BCUT2D eigenvalue weighted by Crippen LogP contribution is 2.13. The lowest BCUT2D eigenvalue weighted by Gasteiger charge is -2.13. The fourth-order valence-corrected chi connectivity index (χ4v) is 1.89. The molecule has 17 heavy (non-hydrogen) atoms. The Kier molecular flexibility index (Phi) is 4.29. The van der Waals surface area contributed by atoms with Crippen molar-refractivity contribution >= 4 is 15.9 Å². The number of benzene rings is 1. The molecule has 3 heteroatoms. The van der Waals surface area contributed by atoms with Crippen LogP contribution in [0.4, 0.5) is 0 Å². The van der Waals surface area contributed by atoms with Crippen LogP contribution in [0.1, 0.15) is 24.1 Å². The van der Waals surface area contributed by atoms with Crippen LogP contribution in [-0.4, -0.2) is 4.98 Å². The third-order valence-electron chi connectivity index (χ3n) is 2.71. The molecule has 1 N–H and O–H groups in total. The van der Waals surface area contributed by atoms with Crippen molar-refractivity contribution < 1.29 is 0 Å². The molecule has 0 saturated heterocycles. The third kappa shape index (κ3) is 3.65. The van der Waals surface area contributed by atoms with E-state index in [1.165, 1.54) is 11.1 Å². The van der Waals surface area contributed by atoms with Gasteiger partial charge in [-0.3, -0.25) is 4.98 Å². The number of rotatable bonds is 4. The fourth-order valence-electron chi connectivity index (χ4n) is 1.62. The first-order chi connectivity index (χ1) is 8.25. The monoisotopic (exact) mass is 290 g/mol. The molecular formula is C14H15BrN2. The molecule has 0 amide bonds. The molecule has 1 aromatic carbocycles. The van der Waals surface area contributed by atoms with Crippen molar-refractivity contribution in [3.05, 3.63) is 64.4 Å². The Bertz CT molecular complexity index is 453. The topological polar surface area (TPSA) is 24.9 Å². The summed E-state index contributed by atoms with van der Waals surface area (Å²) in [5, 5.41) is 3.48. The van der Waals surface area contributed by atoms with Crippen LogP contribution in [0.2, 0.25) is 0 Å². The van der Waals surface area contributed by atoms with E-state index in [1.54, 1.807) is 6.20 Å². The Labute approximate surface area is 110 Å². The Hall–Kier alpha value is -1.19. The summed E-state index contributed by atoms with van der Waals surface area (Å²) in [4.78, 5) is 4.13. The smallest absolute Gasteiger partial charge is 0.0315 e. The lowest BCUT2D eigenvalue weighted by atomic mass is 10.1. The molecule has 0 radical (unpaired) electrons. The number of halogens is 1. The summed E-state index contributed by atoms with van der Waals surface area (Å²) in [5.41, 5.74) is 2.49. The maximum Gasteiger partial charge on any atom is 0.0315 e. The summed E-state index contributed by atoms with van der Waals surface area (Å²) in [5.74, 6) is 0. The highest BCUT2D eigenvalue weighted by Gasteiger charge is 2.03. The number of hydrogen-bond donors (Lipinski definition) is 1. The first kappa shape index (κ1) is 12.3. The van der Waals surface area contributed by atoms with Crippen molar-refractivity contribution in [1.82, 2.24) is 10.3 Å². The molecule has 1 aromatic heterocycles. The van der Waals surface area contributed by atoms with E-state index in [1.807, 2.05) is 12.3 Å². The van der Waals surface area contributed by atoms with Gasteiger partial charge >= 0.3 is 0 Å². The molecule has 0 aliphatic carbocycles. The van der Waals surface area contributed by atoms with Gasteiger partial charge in [-0.25, -0.2) is 0 Å². The van der Waals surface area contributed by atoms with Gasteiger partial charge in [-0.1, -0.05) is 34.1 Å². The van der Waals surface area contributed by atoms with Crippen molar-refractivity contribution in [3.8, 4) is 0 Å². The predicted molar refractivity (Wildman–Crippen MR) is 73.6 cm³/mol. The zero-order valence-corrected chi connectivity index (χ0v) is 11.3. The zero-order valence-electron chi connectivity index (χ0n) is 9.73. The van der Waals surface area contributed by atoms with Gasteiger partial charge in [0.2, 0.25) is 0 Å². The van der Waals surface area contributed by atoms with Gasteiger partial charge < -0.3 is 5.32 Å². The van der Waals surface area contributed by atoms with E-state index < -0.39 is 0 Å². The van der Waals surface area contributed by atoms with Crippen LogP contribution in [0.15, 0.2) is 53.3 Å². The van der Waals surface area contributed by atoms with Crippen molar-refractivity contribution in [1.29, 1.82) is 0 Å². The van der Waals surface area contributed by atoms with E-state index >= 15 is 0 Å². The lowest BCUT2D eigenvalue weighted by molar-refractivity contribution is 0.573. The molecule has 0 bridgehead atoms. The molecule has 1 atom stereocenters. The van der Waals surface area contributed by atoms with Crippen LogP contribution in [0.3, 0.4) is 0 Å². The van der Waals surface area contributed by atoms with Gasteiger partial charge in [0.25, 0.3) is 0 Å². The van der Waals surface area contributed by atoms with Crippen molar-refractivity contribution in [3.63, 3.8) is 0 Å². The Morgan fingerprint density at radius 1 is 1.24 bits per heavy atom. The number of nitrogens with one attached hydrogen (secondary N) is 1. The predicted octanol–water partition coefficient (Wildman–Crippen LogP) is 3.69. The SMILES string of the molecule is C[C@H](NCc1ccc(Br)cc1)c1cccnc1. The van der Waals surface area contributed by atoms with E-state index in [-0.39, 0.29) is 0 Å². The number of pyridine rings is 1. The average Bonchev–Trinajstić information content (AvgIpc) is 2.39. The Morgan fingerprint density at radius 2 is 2.00 bits per heavy atom. The van der Waals surface area contributed by atoms with Gasteiger partial charge in [0.1, 0.15) is 0 Å². The van der Waals surface area contributed by atoms with Crippen LogP contribution < -0.4 is 5.32 Å². The van der Waals surface area contributed by atoms with Gasteiger partial charge in [0, 0.05) is 29.5 Å². The standard InChI is InChI=1S/C14H15BrN2/c1-11(13-3-2-8-16-10-13)17-9-12-4-6-14(15)7-5-12/h2-8,10-11,17H,9H2,1H3/t11-/m0/s1. The largest absolute Gasteiger partial charge is 0.306 e. The van der Waals surface area contributed by atoms with E-state index in [0.29, 0.717) is 6.04 Å². The summed E-state index contributed by atoms with van der Waals surface area (Å²) in [6, 6.07) is 12.7. The van der Waals surface area contributed by atoms with Crippen molar-refractivity contribution in [2.75, 3.05) is 0 Å². The van der Waals surface area contributed by atoms with Crippen LogP contribution in [0.5, 0.6) is 0 Å². The van der Waals surface area contributed by atoms with Crippen LogP contribution in [-0.2, 0) is 6.54 Å². The zero-order chi connectivity index (χ0) is 12.1. The fraction of sp³-hybridized carbons (Fsp3) is 0.214. The summed E-state index contributed by atoms with van der Waals surface area (Å²) in [6.45, 7) is 3.01.